The second kappa shape index (κ2) is 5.20. The molecule has 7 heteroatoms. The lowest BCUT2D eigenvalue weighted by Crippen LogP contribution is -2.37. The molecule has 2 aliphatic carbocycles. The van der Waals surface area contributed by atoms with E-state index in [4.69, 9.17) is 23.2 Å². The molecule has 1 aromatic carbocycles. The van der Waals surface area contributed by atoms with E-state index in [1.54, 1.807) is 18.2 Å². The minimum atomic E-state index is -0.245. The maximum absolute atomic E-state index is 12.9. The summed E-state index contributed by atoms with van der Waals surface area (Å²) in [7, 11) is 0. The van der Waals surface area contributed by atoms with E-state index in [-0.39, 0.29) is 50.2 Å². The Kier molecular flexibility index (Phi) is 3.65. The van der Waals surface area contributed by atoms with Crippen LogP contribution in [0.25, 0.3) is 0 Å². The van der Waals surface area contributed by atoms with Gasteiger partial charge in [-0.2, -0.15) is 0 Å². The molecule has 0 radical (unpaired) electrons. The topological polar surface area (TPSA) is 37.4 Å². The molecule has 1 aliphatic heterocycles. The first-order chi connectivity index (χ1) is 10.4. The molecule has 1 aromatic rings. The number of hydrogen-bond acceptors (Lipinski definition) is 2. The zero-order valence-electron chi connectivity index (χ0n) is 11.2. The van der Waals surface area contributed by atoms with Gasteiger partial charge in [0.15, 0.2) is 0 Å². The fourth-order valence-corrected chi connectivity index (χ4v) is 6.50. The number of hydrogen-bond donors (Lipinski definition) is 0. The zero-order valence-corrected chi connectivity index (χ0v) is 15.9. The Morgan fingerprint density at radius 3 is 2.09 bits per heavy atom. The first-order valence-corrected chi connectivity index (χ1v) is 9.62. The van der Waals surface area contributed by atoms with Crippen LogP contribution in [0.2, 0.25) is 10.0 Å². The second-order valence-electron chi connectivity index (χ2n) is 6.09. The van der Waals surface area contributed by atoms with Crippen LogP contribution in [0, 0.1) is 23.7 Å². The lowest BCUT2D eigenvalue weighted by atomic mass is 9.81. The highest BCUT2D eigenvalue weighted by molar-refractivity contribution is 9.12. The number of benzene rings is 1. The van der Waals surface area contributed by atoms with Gasteiger partial charge < -0.3 is 0 Å². The molecule has 4 rings (SSSR count). The van der Waals surface area contributed by atoms with E-state index in [0.717, 1.165) is 6.42 Å². The average Bonchev–Trinajstić information content (AvgIpc) is 3.08. The number of carbonyl (C=O) groups excluding carboxylic acids is 2. The predicted octanol–water partition coefficient (Wildman–Crippen LogP) is 4.28. The number of anilines is 1. The minimum absolute atomic E-state index is 0.143. The van der Waals surface area contributed by atoms with Crippen LogP contribution < -0.4 is 4.90 Å². The summed E-state index contributed by atoms with van der Waals surface area (Å²) in [5, 5.41) is 0.598. The van der Waals surface area contributed by atoms with Gasteiger partial charge in [-0.1, -0.05) is 61.1 Å². The molecule has 2 saturated carbocycles. The molecular weight excluding hydrogens is 457 g/mol. The number of rotatable bonds is 1. The fourth-order valence-electron chi connectivity index (χ4n) is 4.25. The normalized spacial score (nSPS) is 39.7. The SMILES string of the molecule is O=C1[C@@H]2[C@@H]3C[C@H]([C@H](Br)[C@@H]3Br)[C@@H]2C(=O)N1c1cccc(Cl)c1Cl. The van der Waals surface area contributed by atoms with Crippen molar-refractivity contribution in [2.24, 2.45) is 23.7 Å². The molecule has 2 bridgehead atoms. The first kappa shape index (κ1) is 15.4. The molecule has 0 spiro atoms. The standard InChI is InChI=1S/C15H11Br2Cl2NO2/c16-11-5-4-6(12(11)17)10-9(5)14(21)20(15(10)22)8-3-1-2-7(18)13(8)19/h1-3,5-6,9-12H,4H2/t5-,6-,9-,10+,11-,12+/m0/s1. The van der Waals surface area contributed by atoms with E-state index in [2.05, 4.69) is 31.9 Å². The second-order valence-corrected chi connectivity index (χ2v) is 8.99. The van der Waals surface area contributed by atoms with Crippen LogP contribution in [0.15, 0.2) is 18.2 Å². The van der Waals surface area contributed by atoms with Gasteiger partial charge in [0.25, 0.3) is 0 Å². The van der Waals surface area contributed by atoms with Gasteiger partial charge in [0, 0.05) is 9.65 Å². The number of carbonyl (C=O) groups is 2. The van der Waals surface area contributed by atoms with Gasteiger partial charge >= 0.3 is 0 Å². The van der Waals surface area contributed by atoms with E-state index < -0.39 is 0 Å². The Hall–Kier alpha value is -0.100. The maximum Gasteiger partial charge on any atom is 0.238 e. The Balaban J connectivity index is 1.78. The molecule has 22 heavy (non-hydrogen) atoms. The van der Waals surface area contributed by atoms with Crippen LogP contribution in [0.1, 0.15) is 6.42 Å². The Labute approximate surface area is 154 Å². The number of amides is 2. The van der Waals surface area contributed by atoms with Gasteiger partial charge in [-0.15, -0.1) is 0 Å². The highest BCUT2D eigenvalue weighted by atomic mass is 79.9. The van der Waals surface area contributed by atoms with Crippen molar-refractivity contribution in [2.45, 2.75) is 16.1 Å². The molecule has 0 unspecified atom stereocenters. The van der Waals surface area contributed by atoms with Crippen LogP contribution in [0.5, 0.6) is 0 Å². The monoisotopic (exact) mass is 465 g/mol. The van der Waals surface area contributed by atoms with Crippen molar-refractivity contribution in [1.29, 1.82) is 0 Å². The summed E-state index contributed by atoms with van der Waals surface area (Å²) in [6, 6.07) is 5.02. The zero-order chi connectivity index (χ0) is 15.8. The Bertz CT molecular complexity index is 666. The van der Waals surface area contributed by atoms with Gasteiger partial charge in [-0.25, -0.2) is 4.90 Å². The summed E-state index contributed by atoms with van der Waals surface area (Å²) in [5.74, 6) is -0.389. The summed E-state index contributed by atoms with van der Waals surface area (Å²) in [5.41, 5.74) is 0.398. The number of fused-ring (bicyclic) bond motifs is 5. The van der Waals surface area contributed by atoms with E-state index in [9.17, 15) is 9.59 Å². The maximum atomic E-state index is 12.9. The minimum Gasteiger partial charge on any atom is -0.274 e. The number of imide groups is 1. The van der Waals surface area contributed by atoms with Crippen molar-refractivity contribution in [1.82, 2.24) is 0 Å². The number of alkyl halides is 2. The molecule has 1 saturated heterocycles. The van der Waals surface area contributed by atoms with Crippen LogP contribution in [-0.2, 0) is 9.59 Å². The smallest absolute Gasteiger partial charge is 0.238 e. The summed E-state index contributed by atoms with van der Waals surface area (Å²) in [6.07, 6.45) is 0.912. The highest BCUT2D eigenvalue weighted by Crippen LogP contribution is 2.60. The largest absolute Gasteiger partial charge is 0.274 e. The summed E-state index contributed by atoms with van der Waals surface area (Å²) in [6.45, 7) is 0. The fraction of sp³-hybridized carbons (Fsp3) is 0.467. The third-order valence-corrected chi connectivity index (χ3v) is 9.17. The van der Waals surface area contributed by atoms with E-state index in [1.165, 1.54) is 4.90 Å². The lowest BCUT2D eigenvalue weighted by Gasteiger charge is -2.28. The van der Waals surface area contributed by atoms with Crippen molar-refractivity contribution in [3.8, 4) is 0 Å². The molecule has 3 fully saturated rings. The van der Waals surface area contributed by atoms with Crippen molar-refractivity contribution in [3.63, 3.8) is 0 Å². The van der Waals surface area contributed by atoms with Gasteiger partial charge in [0.2, 0.25) is 11.8 Å². The number of nitrogens with zero attached hydrogens (tertiary/aromatic N) is 1. The molecule has 1 heterocycles. The quantitative estimate of drug-likeness (QED) is 0.457. The summed E-state index contributed by atoms with van der Waals surface area (Å²) < 4.78 is 0. The van der Waals surface area contributed by atoms with Crippen LogP contribution in [-0.4, -0.2) is 21.5 Å². The van der Waals surface area contributed by atoms with Crippen LogP contribution in [0.3, 0.4) is 0 Å². The number of halogens is 4. The van der Waals surface area contributed by atoms with Gasteiger partial charge in [-0.05, 0) is 30.4 Å². The van der Waals surface area contributed by atoms with Crippen molar-refractivity contribution in [2.75, 3.05) is 4.90 Å². The molecule has 2 amide bonds. The molecule has 0 aromatic heterocycles. The highest BCUT2D eigenvalue weighted by Gasteiger charge is 2.66. The van der Waals surface area contributed by atoms with Crippen molar-refractivity contribution in [3.05, 3.63) is 28.2 Å². The van der Waals surface area contributed by atoms with Crippen LogP contribution in [0.4, 0.5) is 5.69 Å². The first-order valence-electron chi connectivity index (χ1n) is 7.03. The molecule has 0 N–H and O–H groups in total. The third-order valence-electron chi connectivity index (χ3n) is 5.16. The third kappa shape index (κ3) is 1.86. The molecule has 6 atom stereocenters. The van der Waals surface area contributed by atoms with E-state index >= 15 is 0 Å². The summed E-state index contributed by atoms with van der Waals surface area (Å²) in [4.78, 5) is 27.4. The van der Waals surface area contributed by atoms with E-state index in [0.29, 0.717) is 10.7 Å². The van der Waals surface area contributed by atoms with Crippen LogP contribution >= 0.6 is 55.1 Å². The summed E-state index contributed by atoms with van der Waals surface area (Å²) >= 11 is 19.6. The molecule has 3 aliphatic rings. The van der Waals surface area contributed by atoms with E-state index in [1.807, 2.05) is 0 Å². The molecule has 3 nitrogen and oxygen atoms in total. The Morgan fingerprint density at radius 2 is 1.55 bits per heavy atom. The average molecular weight is 468 g/mol. The van der Waals surface area contributed by atoms with Crippen molar-refractivity contribution < 1.29 is 9.59 Å². The molecular formula is C15H11Br2Cl2NO2. The lowest BCUT2D eigenvalue weighted by molar-refractivity contribution is -0.123. The Morgan fingerprint density at radius 1 is 1.00 bits per heavy atom. The van der Waals surface area contributed by atoms with Gasteiger partial charge in [0.1, 0.15) is 0 Å². The predicted molar refractivity (Wildman–Crippen MR) is 93.0 cm³/mol. The van der Waals surface area contributed by atoms with Gasteiger partial charge in [0.05, 0.1) is 27.6 Å². The van der Waals surface area contributed by atoms with Gasteiger partial charge in [-0.3, -0.25) is 9.59 Å². The molecule has 116 valence electrons. The van der Waals surface area contributed by atoms with Crippen molar-refractivity contribution >= 4 is 72.6 Å².